The lowest BCUT2D eigenvalue weighted by Gasteiger charge is -2.16. The molecule has 0 unspecified atom stereocenters. The van der Waals surface area contributed by atoms with Crippen LogP contribution >= 0.6 is 0 Å². The van der Waals surface area contributed by atoms with Crippen LogP contribution in [0.3, 0.4) is 0 Å². The summed E-state index contributed by atoms with van der Waals surface area (Å²) in [7, 11) is 3.23. The lowest BCUT2D eigenvalue weighted by Crippen LogP contribution is -2.32. The first-order valence-corrected chi connectivity index (χ1v) is 10.6. The van der Waals surface area contributed by atoms with Crippen LogP contribution in [0.2, 0.25) is 0 Å². The van der Waals surface area contributed by atoms with Crippen LogP contribution in [0.5, 0.6) is 5.75 Å². The smallest absolute Gasteiger partial charge is 0.330 e. The number of aromatic nitrogens is 4. The number of hydrogen-bond donors (Lipinski definition) is 1. The van der Waals surface area contributed by atoms with Gasteiger partial charge in [-0.3, -0.25) is 13.9 Å². The molecule has 1 atom stereocenters. The summed E-state index contributed by atoms with van der Waals surface area (Å²) in [5.41, 5.74) is 2.69. The Balaban J connectivity index is 1.42. The molecule has 0 bridgehead atoms. The van der Waals surface area contributed by atoms with Crippen LogP contribution in [-0.2, 0) is 11.3 Å². The monoisotopic (exact) mass is 435 g/mol. The van der Waals surface area contributed by atoms with Gasteiger partial charge in [-0.1, -0.05) is 0 Å². The molecule has 1 amide bonds. The van der Waals surface area contributed by atoms with E-state index in [0.717, 1.165) is 22.2 Å². The SMILES string of the molecule is COCCn1c(=O)n([C@@H]2CCN(C(=O)c3cc4ccc(OC)cc4[nH]3)C2)c2ncccc21. The molecule has 4 heterocycles. The molecule has 3 aromatic heterocycles. The number of amides is 1. The number of carbonyl (C=O) groups excluding carboxylic acids is 1. The molecule has 1 fully saturated rings. The van der Waals surface area contributed by atoms with Crippen LogP contribution in [-0.4, -0.2) is 63.8 Å². The average Bonchev–Trinajstić information content (AvgIpc) is 3.52. The van der Waals surface area contributed by atoms with Gasteiger partial charge in [0, 0.05) is 43.4 Å². The number of ether oxygens (including phenoxy) is 2. The standard InChI is InChI=1S/C23H25N5O4/c1-31-11-10-27-20-4-3-8-24-21(20)28(23(27)30)16-7-9-26(14-16)22(29)19-12-15-5-6-17(32-2)13-18(15)25-19/h3-6,8,12-13,16,25H,7,9-11,14H2,1-2H3/t16-/m1/s1. The highest BCUT2D eigenvalue weighted by molar-refractivity contribution is 5.98. The summed E-state index contributed by atoms with van der Waals surface area (Å²) in [5, 5.41) is 0.950. The van der Waals surface area contributed by atoms with Crippen molar-refractivity contribution >= 4 is 28.0 Å². The Kier molecular flexibility index (Phi) is 5.18. The number of carbonyl (C=O) groups is 1. The quantitative estimate of drug-likeness (QED) is 0.502. The number of benzene rings is 1. The third-order valence-corrected chi connectivity index (χ3v) is 6.12. The van der Waals surface area contributed by atoms with Gasteiger partial charge in [0.05, 0.1) is 31.8 Å². The van der Waals surface area contributed by atoms with Crippen molar-refractivity contribution in [2.24, 2.45) is 0 Å². The van der Waals surface area contributed by atoms with Gasteiger partial charge >= 0.3 is 5.69 Å². The van der Waals surface area contributed by atoms with Gasteiger partial charge in [0.1, 0.15) is 11.4 Å². The number of fused-ring (bicyclic) bond motifs is 2. The number of nitrogens with zero attached hydrogens (tertiary/aromatic N) is 4. The van der Waals surface area contributed by atoms with Gasteiger partial charge in [-0.25, -0.2) is 9.78 Å². The van der Waals surface area contributed by atoms with Gasteiger partial charge in [-0.15, -0.1) is 0 Å². The molecular weight excluding hydrogens is 410 g/mol. The topological polar surface area (TPSA) is 94.4 Å². The summed E-state index contributed by atoms with van der Waals surface area (Å²) < 4.78 is 13.9. The largest absolute Gasteiger partial charge is 0.497 e. The molecular formula is C23H25N5O4. The highest BCUT2D eigenvalue weighted by Gasteiger charge is 2.32. The number of likely N-dealkylation sites (tertiary alicyclic amines) is 1. The molecule has 0 saturated carbocycles. The van der Waals surface area contributed by atoms with E-state index in [1.165, 1.54) is 0 Å². The van der Waals surface area contributed by atoms with Gasteiger partial charge in [0.15, 0.2) is 5.65 Å². The van der Waals surface area contributed by atoms with Crippen LogP contribution in [0, 0.1) is 0 Å². The van der Waals surface area contributed by atoms with Gasteiger partial charge in [-0.2, -0.15) is 0 Å². The lowest BCUT2D eigenvalue weighted by atomic mass is 10.2. The zero-order chi connectivity index (χ0) is 22.2. The second kappa shape index (κ2) is 8.16. The van der Waals surface area contributed by atoms with E-state index < -0.39 is 0 Å². The van der Waals surface area contributed by atoms with Crippen LogP contribution in [0.25, 0.3) is 22.1 Å². The van der Waals surface area contributed by atoms with E-state index in [-0.39, 0.29) is 17.6 Å². The summed E-state index contributed by atoms with van der Waals surface area (Å²) in [6.45, 7) is 1.93. The van der Waals surface area contributed by atoms with E-state index in [4.69, 9.17) is 9.47 Å². The number of nitrogens with one attached hydrogen (secondary N) is 1. The lowest BCUT2D eigenvalue weighted by molar-refractivity contribution is 0.0783. The first-order valence-electron chi connectivity index (χ1n) is 10.6. The van der Waals surface area contributed by atoms with E-state index in [1.54, 1.807) is 34.5 Å². The van der Waals surface area contributed by atoms with Gasteiger partial charge in [-0.05, 0) is 36.8 Å². The van der Waals surface area contributed by atoms with Crippen LogP contribution in [0.1, 0.15) is 23.0 Å². The average molecular weight is 435 g/mol. The van der Waals surface area contributed by atoms with Crippen molar-refractivity contribution in [3.05, 3.63) is 58.8 Å². The number of hydrogen-bond acceptors (Lipinski definition) is 5. The number of H-pyrrole nitrogens is 1. The number of methoxy groups -OCH3 is 2. The van der Waals surface area contributed by atoms with Gasteiger partial charge in [0.2, 0.25) is 0 Å². The Labute approximate surface area is 184 Å². The van der Waals surface area contributed by atoms with Crippen molar-refractivity contribution in [3.63, 3.8) is 0 Å². The highest BCUT2D eigenvalue weighted by Crippen LogP contribution is 2.27. The second-order valence-corrected chi connectivity index (χ2v) is 7.97. The highest BCUT2D eigenvalue weighted by atomic mass is 16.5. The molecule has 1 saturated heterocycles. The molecule has 0 spiro atoms. The van der Waals surface area contributed by atoms with E-state index in [0.29, 0.717) is 44.0 Å². The zero-order valence-corrected chi connectivity index (χ0v) is 18.1. The molecule has 9 nitrogen and oxygen atoms in total. The predicted octanol–water partition coefficient (Wildman–Crippen LogP) is 2.42. The van der Waals surface area contributed by atoms with E-state index in [1.807, 2.05) is 36.4 Å². The Morgan fingerprint density at radius 1 is 1.25 bits per heavy atom. The number of rotatable bonds is 6. The first kappa shape index (κ1) is 20.3. The Bertz CT molecular complexity index is 1350. The minimum absolute atomic E-state index is 0.0770. The first-order chi connectivity index (χ1) is 15.6. The fourth-order valence-electron chi connectivity index (χ4n) is 4.49. The summed E-state index contributed by atoms with van der Waals surface area (Å²) in [6, 6.07) is 11.1. The van der Waals surface area contributed by atoms with Crippen molar-refractivity contribution < 1.29 is 14.3 Å². The van der Waals surface area contributed by atoms with Crippen molar-refractivity contribution in [3.8, 4) is 5.75 Å². The van der Waals surface area contributed by atoms with Crippen LogP contribution < -0.4 is 10.4 Å². The maximum atomic E-state index is 13.2. The molecule has 1 N–H and O–H groups in total. The summed E-state index contributed by atoms with van der Waals surface area (Å²) in [4.78, 5) is 35.9. The van der Waals surface area contributed by atoms with E-state index in [9.17, 15) is 9.59 Å². The van der Waals surface area contributed by atoms with Crippen molar-refractivity contribution in [1.82, 2.24) is 24.0 Å². The maximum absolute atomic E-state index is 13.2. The summed E-state index contributed by atoms with van der Waals surface area (Å²) >= 11 is 0. The van der Waals surface area contributed by atoms with Crippen molar-refractivity contribution in [2.45, 2.75) is 19.0 Å². The molecule has 5 rings (SSSR count). The Hall–Kier alpha value is -3.59. The minimum Gasteiger partial charge on any atom is -0.497 e. The number of aromatic amines is 1. The third kappa shape index (κ3) is 3.34. The van der Waals surface area contributed by atoms with Crippen molar-refractivity contribution in [2.75, 3.05) is 33.9 Å². The Morgan fingerprint density at radius 3 is 2.94 bits per heavy atom. The number of pyridine rings is 1. The molecule has 1 aliphatic heterocycles. The molecule has 4 aromatic rings. The molecule has 166 valence electrons. The maximum Gasteiger partial charge on any atom is 0.330 e. The fraction of sp³-hybridized carbons (Fsp3) is 0.348. The van der Waals surface area contributed by atoms with E-state index >= 15 is 0 Å². The molecule has 1 aliphatic rings. The van der Waals surface area contributed by atoms with E-state index in [2.05, 4.69) is 9.97 Å². The molecule has 0 aliphatic carbocycles. The molecule has 0 radical (unpaired) electrons. The zero-order valence-electron chi connectivity index (χ0n) is 18.1. The second-order valence-electron chi connectivity index (χ2n) is 7.97. The minimum atomic E-state index is -0.128. The van der Waals surface area contributed by atoms with Crippen LogP contribution in [0.15, 0.2) is 47.4 Å². The Morgan fingerprint density at radius 2 is 2.12 bits per heavy atom. The van der Waals surface area contributed by atoms with Gasteiger partial charge in [0.25, 0.3) is 5.91 Å². The van der Waals surface area contributed by atoms with Crippen LogP contribution in [0.4, 0.5) is 0 Å². The molecule has 9 heteroatoms. The number of imidazole rings is 1. The fourth-order valence-corrected chi connectivity index (χ4v) is 4.49. The normalized spacial score (nSPS) is 16.3. The molecule has 32 heavy (non-hydrogen) atoms. The van der Waals surface area contributed by atoms with Gasteiger partial charge < -0.3 is 19.4 Å². The summed E-state index contributed by atoms with van der Waals surface area (Å²) in [5.74, 6) is 0.656. The predicted molar refractivity (Wildman–Crippen MR) is 120 cm³/mol. The van der Waals surface area contributed by atoms with Crippen molar-refractivity contribution in [1.29, 1.82) is 0 Å². The third-order valence-electron chi connectivity index (χ3n) is 6.12. The molecule has 1 aromatic carbocycles. The summed E-state index contributed by atoms with van der Waals surface area (Å²) in [6.07, 6.45) is 2.38.